The minimum absolute atomic E-state index is 0.743. The van der Waals surface area contributed by atoms with Crippen LogP contribution < -0.4 is 5.32 Å². The molecule has 1 aliphatic rings. The van der Waals surface area contributed by atoms with Crippen LogP contribution in [0.1, 0.15) is 19.8 Å². The average Bonchev–Trinajstić information content (AvgIpc) is 2.84. The Hall–Kier alpha value is -0.480. The molecule has 0 aliphatic carbocycles. The summed E-state index contributed by atoms with van der Waals surface area (Å²) in [6, 6.07) is 0.743. The number of rotatable bonds is 5. The van der Waals surface area contributed by atoms with Gasteiger partial charge in [0.2, 0.25) is 0 Å². The van der Waals surface area contributed by atoms with Crippen molar-refractivity contribution in [3.63, 3.8) is 0 Å². The molecule has 0 radical (unpaired) electrons. The van der Waals surface area contributed by atoms with Crippen molar-refractivity contribution in [1.82, 2.24) is 14.9 Å². The number of hydrogen-bond donors (Lipinski definition) is 1. The molecule has 0 amide bonds. The van der Waals surface area contributed by atoms with Gasteiger partial charge in [-0.25, -0.2) is 4.98 Å². The van der Waals surface area contributed by atoms with E-state index in [4.69, 9.17) is 0 Å². The van der Waals surface area contributed by atoms with Crippen LogP contribution in [0.3, 0.4) is 0 Å². The van der Waals surface area contributed by atoms with Crippen LogP contribution in [-0.4, -0.2) is 33.1 Å². The van der Waals surface area contributed by atoms with Gasteiger partial charge in [0.1, 0.15) is 0 Å². The van der Waals surface area contributed by atoms with Gasteiger partial charge in [0, 0.05) is 36.0 Å². The molecule has 4 heteroatoms. The monoisotopic (exact) mass is 225 g/mol. The Morgan fingerprint density at radius 2 is 2.53 bits per heavy atom. The van der Waals surface area contributed by atoms with Gasteiger partial charge < -0.3 is 9.88 Å². The molecule has 2 unspecified atom stereocenters. The average molecular weight is 225 g/mol. The van der Waals surface area contributed by atoms with Crippen LogP contribution >= 0.6 is 11.8 Å². The standard InChI is InChI=1S/C11H19N3S/c1-10-7-11(8-15-10)13-3-2-5-14-6-4-12-9-14/h4,6,9-11,13H,2-3,5,7-8H2,1H3. The molecule has 0 spiro atoms. The third kappa shape index (κ3) is 3.54. The largest absolute Gasteiger partial charge is 0.337 e. The molecule has 1 aliphatic heterocycles. The van der Waals surface area contributed by atoms with E-state index in [1.165, 1.54) is 18.6 Å². The molecule has 0 aromatic carbocycles. The van der Waals surface area contributed by atoms with Gasteiger partial charge in [0.25, 0.3) is 0 Å². The Morgan fingerprint density at radius 1 is 1.60 bits per heavy atom. The molecule has 0 bridgehead atoms. The minimum atomic E-state index is 0.743. The highest BCUT2D eigenvalue weighted by Gasteiger charge is 2.20. The van der Waals surface area contributed by atoms with E-state index in [1.807, 2.05) is 18.7 Å². The first-order valence-electron chi connectivity index (χ1n) is 5.65. The molecule has 2 rings (SSSR count). The molecule has 1 aromatic rings. The zero-order valence-electron chi connectivity index (χ0n) is 9.22. The summed E-state index contributed by atoms with van der Waals surface area (Å²) in [5.74, 6) is 1.28. The summed E-state index contributed by atoms with van der Waals surface area (Å²) in [4.78, 5) is 4.03. The third-order valence-corrected chi connectivity index (χ3v) is 4.14. The second-order valence-electron chi connectivity index (χ2n) is 4.18. The second kappa shape index (κ2) is 5.56. The summed E-state index contributed by atoms with van der Waals surface area (Å²) in [5.41, 5.74) is 0. The van der Waals surface area contributed by atoms with Crippen molar-refractivity contribution < 1.29 is 0 Å². The van der Waals surface area contributed by atoms with Crippen molar-refractivity contribution in [3.8, 4) is 0 Å². The van der Waals surface area contributed by atoms with E-state index in [2.05, 4.69) is 33.6 Å². The molecule has 1 aromatic heterocycles. The number of hydrogen-bond acceptors (Lipinski definition) is 3. The number of nitrogens with zero attached hydrogens (tertiary/aromatic N) is 2. The van der Waals surface area contributed by atoms with E-state index in [-0.39, 0.29) is 0 Å². The van der Waals surface area contributed by atoms with E-state index in [1.54, 1.807) is 0 Å². The molecular weight excluding hydrogens is 206 g/mol. The van der Waals surface area contributed by atoms with Crippen LogP contribution in [0.25, 0.3) is 0 Å². The Balaban J connectivity index is 1.55. The number of aromatic nitrogens is 2. The minimum Gasteiger partial charge on any atom is -0.337 e. The molecule has 1 saturated heterocycles. The molecular formula is C11H19N3S. The van der Waals surface area contributed by atoms with Crippen LogP contribution in [0.5, 0.6) is 0 Å². The van der Waals surface area contributed by atoms with Crippen LogP contribution in [0.4, 0.5) is 0 Å². The van der Waals surface area contributed by atoms with Crippen molar-refractivity contribution in [2.45, 2.75) is 37.6 Å². The molecule has 0 saturated carbocycles. The number of nitrogens with one attached hydrogen (secondary N) is 1. The first-order valence-corrected chi connectivity index (χ1v) is 6.70. The fourth-order valence-corrected chi connectivity index (χ4v) is 3.13. The van der Waals surface area contributed by atoms with Gasteiger partial charge in [-0.1, -0.05) is 6.92 Å². The van der Waals surface area contributed by atoms with Crippen LogP contribution in [0, 0.1) is 0 Å². The second-order valence-corrected chi connectivity index (χ2v) is 5.66. The summed E-state index contributed by atoms with van der Waals surface area (Å²) >= 11 is 2.08. The van der Waals surface area contributed by atoms with Gasteiger partial charge in [-0.15, -0.1) is 0 Å². The SMILES string of the molecule is CC1CC(NCCCn2ccnc2)CS1. The van der Waals surface area contributed by atoms with Crippen molar-refractivity contribution in [2.75, 3.05) is 12.3 Å². The molecule has 15 heavy (non-hydrogen) atoms. The Kier molecular flexibility index (Phi) is 4.09. The van der Waals surface area contributed by atoms with Gasteiger partial charge in [-0.2, -0.15) is 11.8 Å². The Morgan fingerprint density at radius 3 is 3.20 bits per heavy atom. The van der Waals surface area contributed by atoms with Gasteiger partial charge in [-0.05, 0) is 19.4 Å². The van der Waals surface area contributed by atoms with Crippen LogP contribution in [-0.2, 0) is 6.54 Å². The highest BCUT2D eigenvalue weighted by molar-refractivity contribution is 8.00. The third-order valence-electron chi connectivity index (χ3n) is 2.78. The molecule has 1 N–H and O–H groups in total. The molecule has 1 fully saturated rings. The lowest BCUT2D eigenvalue weighted by molar-refractivity contribution is 0.506. The number of thioether (sulfide) groups is 1. The topological polar surface area (TPSA) is 29.9 Å². The highest BCUT2D eigenvalue weighted by Crippen LogP contribution is 2.25. The van der Waals surface area contributed by atoms with Crippen molar-refractivity contribution in [2.24, 2.45) is 0 Å². The fourth-order valence-electron chi connectivity index (χ4n) is 1.95. The summed E-state index contributed by atoms with van der Waals surface area (Å²) in [6.07, 6.45) is 8.26. The maximum Gasteiger partial charge on any atom is 0.0945 e. The van der Waals surface area contributed by atoms with Crippen molar-refractivity contribution in [3.05, 3.63) is 18.7 Å². The summed E-state index contributed by atoms with van der Waals surface area (Å²) < 4.78 is 2.13. The Labute approximate surface area is 95.7 Å². The molecule has 2 heterocycles. The predicted molar refractivity (Wildman–Crippen MR) is 65.2 cm³/mol. The smallest absolute Gasteiger partial charge is 0.0945 e. The number of imidazole rings is 1. The Bertz CT molecular complexity index is 273. The van der Waals surface area contributed by atoms with Gasteiger partial charge >= 0.3 is 0 Å². The van der Waals surface area contributed by atoms with E-state index < -0.39 is 0 Å². The highest BCUT2D eigenvalue weighted by atomic mass is 32.2. The van der Waals surface area contributed by atoms with Crippen molar-refractivity contribution >= 4 is 11.8 Å². The maximum absolute atomic E-state index is 4.03. The lowest BCUT2D eigenvalue weighted by atomic mass is 10.2. The van der Waals surface area contributed by atoms with E-state index in [0.29, 0.717) is 0 Å². The summed E-state index contributed by atoms with van der Waals surface area (Å²) in [5, 5.41) is 4.46. The summed E-state index contributed by atoms with van der Waals surface area (Å²) in [7, 11) is 0. The van der Waals surface area contributed by atoms with Gasteiger partial charge in [-0.3, -0.25) is 0 Å². The quantitative estimate of drug-likeness (QED) is 0.774. The molecule has 3 nitrogen and oxygen atoms in total. The normalized spacial score (nSPS) is 25.9. The molecule has 84 valence electrons. The van der Waals surface area contributed by atoms with Gasteiger partial charge in [0.15, 0.2) is 0 Å². The van der Waals surface area contributed by atoms with E-state index in [9.17, 15) is 0 Å². The fraction of sp³-hybridized carbons (Fsp3) is 0.727. The first-order chi connectivity index (χ1) is 7.34. The zero-order valence-corrected chi connectivity index (χ0v) is 10.0. The van der Waals surface area contributed by atoms with Crippen molar-refractivity contribution in [1.29, 1.82) is 0 Å². The lowest BCUT2D eigenvalue weighted by Crippen LogP contribution is -2.30. The van der Waals surface area contributed by atoms with Crippen LogP contribution in [0.2, 0.25) is 0 Å². The van der Waals surface area contributed by atoms with E-state index >= 15 is 0 Å². The molecule has 2 atom stereocenters. The first kappa shape index (κ1) is 11.0. The zero-order chi connectivity index (χ0) is 10.5. The summed E-state index contributed by atoms with van der Waals surface area (Å²) in [6.45, 7) is 4.51. The maximum atomic E-state index is 4.03. The van der Waals surface area contributed by atoms with E-state index in [0.717, 1.165) is 24.4 Å². The predicted octanol–water partition coefficient (Wildman–Crippen LogP) is 1.76. The van der Waals surface area contributed by atoms with Gasteiger partial charge in [0.05, 0.1) is 6.33 Å². The number of aryl methyl sites for hydroxylation is 1. The lowest BCUT2D eigenvalue weighted by Gasteiger charge is -2.11. The van der Waals surface area contributed by atoms with Crippen LogP contribution in [0.15, 0.2) is 18.7 Å².